The van der Waals surface area contributed by atoms with Crippen LogP contribution >= 0.6 is 0 Å². The molecule has 0 bridgehead atoms. The van der Waals surface area contributed by atoms with Crippen molar-refractivity contribution in [3.63, 3.8) is 0 Å². The molecule has 0 aromatic heterocycles. The van der Waals surface area contributed by atoms with Gasteiger partial charge in [-0.15, -0.1) is 26.3 Å². The number of amides is 2. The molecule has 22 heteroatoms. The molecule has 0 atom stereocenters. The Morgan fingerprint density at radius 1 is 0.500 bits per heavy atom. The third-order valence-corrected chi connectivity index (χ3v) is 5.42. The van der Waals surface area contributed by atoms with Crippen molar-refractivity contribution in [2.45, 2.75) is 61.5 Å². The minimum absolute atomic E-state index is 0.192. The van der Waals surface area contributed by atoms with Crippen molar-refractivity contribution in [1.29, 1.82) is 0 Å². The molecule has 290 valence electrons. The van der Waals surface area contributed by atoms with Gasteiger partial charge in [0.25, 0.3) is 17.8 Å². The lowest BCUT2D eigenvalue weighted by Gasteiger charge is -2.29. The molecule has 50 heavy (non-hydrogen) atoms. The van der Waals surface area contributed by atoms with Gasteiger partial charge in [-0.25, -0.2) is 17.6 Å². The highest BCUT2D eigenvalue weighted by atomic mass is 19.3. The smallest absolute Gasteiger partial charge is 0.366 e. The zero-order valence-electron chi connectivity index (χ0n) is 26.1. The fourth-order valence-corrected chi connectivity index (χ4v) is 3.65. The van der Waals surface area contributed by atoms with Crippen molar-refractivity contribution in [3.05, 3.63) is 50.6 Å². The average molecular weight is 761 g/mol. The second-order valence-electron chi connectivity index (χ2n) is 10.3. The van der Waals surface area contributed by atoms with Crippen LogP contribution in [0.3, 0.4) is 0 Å². The lowest BCUT2D eigenvalue weighted by Crippen LogP contribution is -2.48. The number of rotatable bonds is 27. The van der Waals surface area contributed by atoms with Crippen molar-refractivity contribution in [2.75, 3.05) is 52.6 Å². The maximum absolute atomic E-state index is 14.1. The molecule has 0 saturated heterocycles. The summed E-state index contributed by atoms with van der Waals surface area (Å²) in [5.41, 5.74) is 0. The molecule has 0 aliphatic carbocycles. The largest absolute Gasteiger partial charge is 0.383 e. The van der Waals surface area contributed by atoms with E-state index in [9.17, 15) is 71.1 Å². The van der Waals surface area contributed by atoms with Crippen LogP contribution in [-0.2, 0) is 28.5 Å². The predicted molar refractivity (Wildman–Crippen MR) is 146 cm³/mol. The summed E-state index contributed by atoms with van der Waals surface area (Å²) in [6.45, 7) is 1.96. The van der Waals surface area contributed by atoms with Gasteiger partial charge in [0, 0.05) is 26.2 Å². The second-order valence-corrected chi connectivity index (χ2v) is 10.3. The number of alkyl halides is 14. The topological polar surface area (TPSA) is 77.5 Å². The number of carbonyl (C=O) groups excluding carboxylic acids is 2. The monoisotopic (exact) mass is 760 g/mol. The number of hydrogen-bond donors (Lipinski definition) is 0. The van der Waals surface area contributed by atoms with E-state index in [2.05, 4.69) is 45.3 Å². The lowest BCUT2D eigenvalue weighted by atomic mass is 10.2. The summed E-state index contributed by atoms with van der Waals surface area (Å²) in [7, 11) is 0. The molecule has 0 aliphatic rings. The van der Waals surface area contributed by atoms with Gasteiger partial charge in [-0.1, -0.05) is 24.3 Å². The maximum Gasteiger partial charge on any atom is 0.383 e. The van der Waals surface area contributed by atoms with Crippen molar-refractivity contribution >= 4 is 11.8 Å². The van der Waals surface area contributed by atoms with Gasteiger partial charge in [0.05, 0.1) is 6.42 Å². The minimum atomic E-state index is -5.52. The van der Waals surface area contributed by atoms with Crippen molar-refractivity contribution in [2.24, 2.45) is 0 Å². The van der Waals surface area contributed by atoms with Crippen LogP contribution in [0.2, 0.25) is 0 Å². The van der Waals surface area contributed by atoms with Crippen LogP contribution in [0.1, 0.15) is 19.3 Å². The summed E-state index contributed by atoms with van der Waals surface area (Å²) in [6, 6.07) is 0. The van der Waals surface area contributed by atoms with Crippen LogP contribution in [0, 0.1) is 0 Å². The van der Waals surface area contributed by atoms with Gasteiger partial charge in [-0.2, -0.15) is 43.9 Å². The Morgan fingerprint density at radius 2 is 0.860 bits per heavy atom. The third-order valence-electron chi connectivity index (χ3n) is 5.42. The minimum Gasteiger partial charge on any atom is -0.366 e. The number of carbonyl (C=O) groups is 2. The molecular formula is C28H34F14N2O6. The Labute approximate surface area is 276 Å². The van der Waals surface area contributed by atoms with E-state index in [1.54, 1.807) is 0 Å². The van der Waals surface area contributed by atoms with Crippen molar-refractivity contribution in [1.82, 2.24) is 9.80 Å². The molecule has 0 aromatic rings. The van der Waals surface area contributed by atoms with Gasteiger partial charge in [0.1, 0.15) is 39.3 Å². The molecule has 0 heterocycles. The summed E-state index contributed by atoms with van der Waals surface area (Å²) in [6.07, 6.45) is -25.0. The van der Waals surface area contributed by atoms with Gasteiger partial charge in [0.2, 0.25) is 5.91 Å². The number of ether oxygens (including phenoxy) is 4. The van der Waals surface area contributed by atoms with Crippen LogP contribution in [0.4, 0.5) is 61.5 Å². The summed E-state index contributed by atoms with van der Waals surface area (Å²) in [5, 5.41) is 0. The zero-order valence-corrected chi connectivity index (χ0v) is 26.1. The molecular weight excluding hydrogens is 726 g/mol. The fraction of sp³-hybridized carbons (Fsp3) is 0.643. The molecule has 0 unspecified atom stereocenters. The number of hydrogen-bond acceptors (Lipinski definition) is 6. The highest BCUT2D eigenvalue weighted by molar-refractivity contribution is 5.83. The molecule has 0 saturated carbocycles. The number of nitrogens with zero attached hydrogens (tertiary/aromatic N) is 2. The first-order valence-electron chi connectivity index (χ1n) is 13.8. The SMILES string of the molecule is C=CCN(CC=C)C(=O)CC(F)(F)COCC(F)(F)OC(F)(F)CC(F)(F)COCC(F)(F)OC(F)(F)CC(F)(F)C(=O)N(CC=C)CC=C. The van der Waals surface area contributed by atoms with Crippen LogP contribution in [0.15, 0.2) is 50.6 Å². The van der Waals surface area contributed by atoms with Gasteiger partial charge >= 0.3 is 30.4 Å². The predicted octanol–water partition coefficient (Wildman–Crippen LogP) is 6.90. The van der Waals surface area contributed by atoms with E-state index >= 15 is 0 Å². The molecule has 0 aromatic carbocycles. The van der Waals surface area contributed by atoms with Gasteiger partial charge in [0.15, 0.2) is 0 Å². The van der Waals surface area contributed by atoms with Crippen LogP contribution < -0.4 is 0 Å². The summed E-state index contributed by atoms with van der Waals surface area (Å²) < 4.78 is 208. The quantitative estimate of drug-likeness (QED) is 0.0671. The highest BCUT2D eigenvalue weighted by Gasteiger charge is 2.56. The standard InChI is InChI=1S/C28H34F14N2O6/c1-5-9-43(10-6-2)20(45)13-22(29,30)16-47-18-27(39,40)49-25(35,36)14-23(31,32)17-48-19-28(41,42)50-26(37,38)15-24(33,34)21(46)44(11-7-3)12-8-4/h5-8H,1-4,9-19H2. The van der Waals surface area contributed by atoms with E-state index in [-0.39, 0.29) is 18.0 Å². The fourth-order valence-electron chi connectivity index (χ4n) is 3.65. The summed E-state index contributed by atoms with van der Waals surface area (Å²) >= 11 is 0. The zero-order chi connectivity index (χ0) is 39.2. The van der Waals surface area contributed by atoms with E-state index in [0.29, 0.717) is 0 Å². The van der Waals surface area contributed by atoms with Gasteiger partial charge in [-0.05, 0) is 0 Å². The maximum atomic E-state index is 14.1. The van der Waals surface area contributed by atoms with Crippen LogP contribution in [-0.4, -0.2) is 116 Å². The Hall–Kier alpha value is -3.24. The van der Waals surface area contributed by atoms with Crippen LogP contribution in [0.25, 0.3) is 0 Å². The number of halogens is 14. The summed E-state index contributed by atoms with van der Waals surface area (Å²) in [4.78, 5) is 24.9. The Bertz CT molecular complexity index is 1130. The van der Waals surface area contributed by atoms with Crippen molar-refractivity contribution in [3.8, 4) is 0 Å². The molecule has 0 fully saturated rings. The van der Waals surface area contributed by atoms with E-state index < -0.39 is 113 Å². The van der Waals surface area contributed by atoms with Gasteiger partial charge in [-0.3, -0.25) is 19.1 Å². The lowest BCUT2D eigenvalue weighted by molar-refractivity contribution is -0.401. The first-order valence-corrected chi connectivity index (χ1v) is 13.8. The molecule has 0 radical (unpaired) electrons. The molecule has 0 aliphatic heterocycles. The first kappa shape index (κ1) is 46.8. The van der Waals surface area contributed by atoms with E-state index in [4.69, 9.17) is 0 Å². The Morgan fingerprint density at radius 3 is 1.26 bits per heavy atom. The Kier molecular flexibility index (Phi) is 17.6. The molecule has 0 N–H and O–H groups in total. The van der Waals surface area contributed by atoms with Crippen molar-refractivity contribution < 1.29 is 90.0 Å². The normalized spacial score (nSPS) is 13.5. The molecule has 2 amide bonds. The third kappa shape index (κ3) is 18.7. The van der Waals surface area contributed by atoms with E-state index in [1.807, 2.05) is 0 Å². The van der Waals surface area contributed by atoms with E-state index in [1.165, 1.54) is 12.2 Å². The first-order chi connectivity index (χ1) is 22.6. The Balaban J connectivity index is 5.12. The van der Waals surface area contributed by atoms with E-state index in [0.717, 1.165) is 17.1 Å². The average Bonchev–Trinajstić information content (AvgIpc) is 2.88. The second kappa shape index (κ2) is 18.8. The highest BCUT2D eigenvalue weighted by Crippen LogP contribution is 2.39. The molecule has 0 spiro atoms. The molecule has 8 nitrogen and oxygen atoms in total. The molecule has 0 rings (SSSR count). The van der Waals surface area contributed by atoms with Gasteiger partial charge < -0.3 is 19.3 Å². The van der Waals surface area contributed by atoms with Crippen LogP contribution in [0.5, 0.6) is 0 Å². The summed E-state index contributed by atoms with van der Waals surface area (Å²) in [5.74, 6) is -17.6.